The van der Waals surface area contributed by atoms with E-state index >= 15 is 0 Å². The van der Waals surface area contributed by atoms with E-state index in [0.29, 0.717) is 18.2 Å². The number of esters is 2. The standard InChI is InChI=1S/C18H22INO4/c1-3-23-18(22)16-14-9-8-13(20(14)2)10-15(16)24-17(21)11-4-6-12(19)7-5-11/h4-7,13-16H,3,8-10H2,1-2H3/p+1/t13-,14+,15-,16+/m0/s1. The van der Waals surface area contributed by atoms with Crippen molar-refractivity contribution in [3.8, 4) is 0 Å². The first kappa shape index (κ1) is 17.7. The first-order chi connectivity index (χ1) is 11.5. The molecule has 2 heterocycles. The Labute approximate surface area is 155 Å². The lowest BCUT2D eigenvalue weighted by Crippen LogP contribution is -3.16. The van der Waals surface area contributed by atoms with Crippen LogP contribution in [0.15, 0.2) is 24.3 Å². The lowest BCUT2D eigenvalue weighted by molar-refractivity contribution is -0.926. The first-order valence-electron chi connectivity index (χ1n) is 8.47. The summed E-state index contributed by atoms with van der Waals surface area (Å²) in [4.78, 5) is 26.3. The molecule has 0 spiro atoms. The van der Waals surface area contributed by atoms with Crippen LogP contribution in [0, 0.1) is 9.49 Å². The number of rotatable bonds is 4. The fourth-order valence-corrected chi connectivity index (χ4v) is 4.42. The van der Waals surface area contributed by atoms with Crippen molar-refractivity contribution in [1.29, 1.82) is 0 Å². The summed E-state index contributed by atoms with van der Waals surface area (Å²) in [5, 5.41) is 0. The molecule has 2 aliphatic rings. The number of benzene rings is 1. The van der Waals surface area contributed by atoms with Crippen LogP contribution >= 0.6 is 22.6 Å². The zero-order valence-electron chi connectivity index (χ0n) is 14.0. The second kappa shape index (κ2) is 7.39. The molecule has 0 aromatic heterocycles. The van der Waals surface area contributed by atoms with Gasteiger partial charge in [-0.25, -0.2) is 4.79 Å². The number of hydrogen-bond donors (Lipinski definition) is 1. The third-order valence-corrected chi connectivity index (χ3v) is 6.02. The predicted molar refractivity (Wildman–Crippen MR) is 96.8 cm³/mol. The Hall–Kier alpha value is -1.15. The molecule has 2 fully saturated rings. The van der Waals surface area contributed by atoms with Gasteiger partial charge in [-0.3, -0.25) is 4.79 Å². The minimum absolute atomic E-state index is 0.178. The number of hydrogen-bond acceptors (Lipinski definition) is 4. The monoisotopic (exact) mass is 444 g/mol. The van der Waals surface area contributed by atoms with Gasteiger partial charge in [0.1, 0.15) is 18.1 Å². The van der Waals surface area contributed by atoms with Crippen LogP contribution in [-0.2, 0) is 14.3 Å². The molecular formula is C18H23INO4+. The van der Waals surface area contributed by atoms with Crippen LogP contribution < -0.4 is 4.90 Å². The Kier molecular flexibility index (Phi) is 5.44. The number of carbonyl (C=O) groups excluding carboxylic acids is 2. The summed E-state index contributed by atoms with van der Waals surface area (Å²) >= 11 is 2.20. The molecule has 1 N–H and O–H groups in total. The molecule has 2 aliphatic heterocycles. The van der Waals surface area contributed by atoms with E-state index in [2.05, 4.69) is 29.6 Å². The Balaban J connectivity index is 1.78. The number of nitrogens with one attached hydrogen (secondary N) is 1. The number of piperidine rings is 1. The van der Waals surface area contributed by atoms with Gasteiger partial charge in [0.15, 0.2) is 0 Å². The van der Waals surface area contributed by atoms with Crippen LogP contribution in [0.1, 0.15) is 36.5 Å². The van der Waals surface area contributed by atoms with Gasteiger partial charge in [0, 0.05) is 22.8 Å². The maximum absolute atomic E-state index is 12.5. The van der Waals surface area contributed by atoms with Crippen molar-refractivity contribution >= 4 is 34.5 Å². The highest BCUT2D eigenvalue weighted by atomic mass is 127. The third kappa shape index (κ3) is 3.44. The molecule has 1 aromatic rings. The second-order valence-corrected chi connectivity index (χ2v) is 7.83. The van der Waals surface area contributed by atoms with E-state index in [1.165, 1.54) is 4.90 Å². The maximum atomic E-state index is 12.5. The third-order valence-electron chi connectivity index (χ3n) is 5.30. The summed E-state index contributed by atoms with van der Waals surface area (Å²) < 4.78 is 12.1. The average molecular weight is 444 g/mol. The summed E-state index contributed by atoms with van der Waals surface area (Å²) in [5.74, 6) is -0.955. The van der Waals surface area contributed by atoms with Crippen LogP contribution in [0.4, 0.5) is 0 Å². The van der Waals surface area contributed by atoms with Crippen LogP contribution in [0.3, 0.4) is 0 Å². The van der Waals surface area contributed by atoms with Crippen LogP contribution in [0.5, 0.6) is 0 Å². The molecule has 0 radical (unpaired) electrons. The summed E-state index contributed by atoms with van der Waals surface area (Å²) in [6.07, 6.45) is 2.39. The highest BCUT2D eigenvalue weighted by Gasteiger charge is 2.54. The van der Waals surface area contributed by atoms with Crippen molar-refractivity contribution in [3.05, 3.63) is 33.4 Å². The Morgan fingerprint density at radius 3 is 2.62 bits per heavy atom. The first-order valence-corrected chi connectivity index (χ1v) is 9.55. The second-order valence-electron chi connectivity index (χ2n) is 6.59. The Bertz CT molecular complexity index is 618. The number of fused-ring (bicyclic) bond motifs is 2. The lowest BCUT2D eigenvalue weighted by atomic mass is 9.87. The molecular weight excluding hydrogens is 421 g/mol. The van der Waals surface area contributed by atoms with Gasteiger partial charge in [-0.15, -0.1) is 0 Å². The minimum atomic E-state index is -0.392. The van der Waals surface area contributed by atoms with Gasteiger partial charge in [-0.2, -0.15) is 0 Å². The molecule has 6 heteroatoms. The fraction of sp³-hybridized carbons (Fsp3) is 0.556. The Morgan fingerprint density at radius 1 is 1.25 bits per heavy atom. The van der Waals surface area contributed by atoms with E-state index in [1.807, 2.05) is 12.1 Å². The molecule has 1 aromatic carbocycles. The van der Waals surface area contributed by atoms with E-state index in [-0.39, 0.29) is 23.9 Å². The topological polar surface area (TPSA) is 57.0 Å². The van der Waals surface area contributed by atoms with Crippen molar-refractivity contribution in [2.75, 3.05) is 13.7 Å². The minimum Gasteiger partial charge on any atom is -0.465 e. The maximum Gasteiger partial charge on any atom is 0.338 e. The highest BCUT2D eigenvalue weighted by Crippen LogP contribution is 2.31. The zero-order chi connectivity index (χ0) is 17.3. The van der Waals surface area contributed by atoms with Crippen molar-refractivity contribution in [3.63, 3.8) is 0 Å². The van der Waals surface area contributed by atoms with E-state index in [9.17, 15) is 9.59 Å². The van der Waals surface area contributed by atoms with E-state index in [1.54, 1.807) is 19.1 Å². The average Bonchev–Trinajstić information content (AvgIpc) is 2.79. The summed E-state index contributed by atoms with van der Waals surface area (Å²) in [7, 11) is 2.13. The number of ether oxygens (including phenoxy) is 2. The van der Waals surface area contributed by atoms with Crippen molar-refractivity contribution in [2.24, 2.45) is 5.92 Å². The van der Waals surface area contributed by atoms with Crippen molar-refractivity contribution < 1.29 is 24.0 Å². The normalized spacial score (nSPS) is 31.5. The number of quaternary nitrogens is 1. The quantitative estimate of drug-likeness (QED) is 0.565. The SMILES string of the molecule is CCOC(=O)[C@H]1[C@@H](OC(=O)c2ccc(I)cc2)C[C@@H]2CC[C@H]1[NH+]2C. The fourth-order valence-electron chi connectivity index (χ4n) is 4.06. The molecule has 1 unspecified atom stereocenters. The van der Waals surface area contributed by atoms with Crippen LogP contribution in [0.25, 0.3) is 0 Å². The van der Waals surface area contributed by atoms with E-state index < -0.39 is 6.10 Å². The van der Waals surface area contributed by atoms with Crippen molar-refractivity contribution in [1.82, 2.24) is 0 Å². The molecule has 0 amide bonds. The molecule has 5 nitrogen and oxygen atoms in total. The van der Waals surface area contributed by atoms with Gasteiger partial charge < -0.3 is 14.4 Å². The summed E-state index contributed by atoms with van der Waals surface area (Å²) in [6.45, 7) is 2.16. The molecule has 130 valence electrons. The lowest BCUT2D eigenvalue weighted by Gasteiger charge is -2.38. The molecule has 2 bridgehead atoms. The molecule has 2 saturated heterocycles. The van der Waals surface area contributed by atoms with Gasteiger partial charge in [0.05, 0.1) is 25.3 Å². The van der Waals surface area contributed by atoms with E-state index in [0.717, 1.165) is 22.8 Å². The number of halogens is 1. The number of carbonyl (C=O) groups is 2. The molecule has 0 aliphatic carbocycles. The molecule has 3 rings (SSSR count). The van der Waals surface area contributed by atoms with Gasteiger partial charge in [-0.05, 0) is 53.8 Å². The molecule has 0 saturated carbocycles. The van der Waals surface area contributed by atoms with Crippen LogP contribution in [-0.4, -0.2) is 43.8 Å². The summed E-state index contributed by atoms with van der Waals surface area (Å²) in [5.41, 5.74) is 0.525. The molecule has 24 heavy (non-hydrogen) atoms. The van der Waals surface area contributed by atoms with Gasteiger partial charge in [0.2, 0.25) is 0 Å². The van der Waals surface area contributed by atoms with Crippen LogP contribution in [0.2, 0.25) is 0 Å². The van der Waals surface area contributed by atoms with Gasteiger partial charge >= 0.3 is 11.9 Å². The zero-order valence-corrected chi connectivity index (χ0v) is 16.1. The smallest absolute Gasteiger partial charge is 0.338 e. The largest absolute Gasteiger partial charge is 0.465 e. The van der Waals surface area contributed by atoms with Gasteiger partial charge in [-0.1, -0.05) is 0 Å². The molecule has 5 atom stereocenters. The Morgan fingerprint density at radius 2 is 1.96 bits per heavy atom. The highest BCUT2D eigenvalue weighted by molar-refractivity contribution is 14.1. The summed E-state index contributed by atoms with van der Waals surface area (Å²) in [6, 6.07) is 7.91. The van der Waals surface area contributed by atoms with Gasteiger partial charge in [0.25, 0.3) is 0 Å². The predicted octanol–water partition coefficient (Wildman–Crippen LogP) is 1.45. The van der Waals surface area contributed by atoms with E-state index in [4.69, 9.17) is 9.47 Å². The van der Waals surface area contributed by atoms with Crippen molar-refractivity contribution in [2.45, 2.75) is 44.4 Å².